The molecule has 1 aromatic rings. The summed E-state index contributed by atoms with van der Waals surface area (Å²) in [6.07, 6.45) is 4.19. The van der Waals surface area contributed by atoms with Crippen molar-refractivity contribution in [1.29, 1.82) is 0 Å². The highest BCUT2D eigenvalue weighted by Gasteiger charge is 2.19. The average Bonchev–Trinajstić information content (AvgIpc) is 2.34. The number of rotatable bonds is 3. The summed E-state index contributed by atoms with van der Waals surface area (Å²) in [4.78, 5) is 10.7. The fourth-order valence-electron chi connectivity index (χ4n) is 2.22. The number of hydrogen-bond donors (Lipinski definition) is 1. The zero-order valence-corrected chi connectivity index (χ0v) is 11.2. The normalized spacial score (nSPS) is 21.5. The van der Waals surface area contributed by atoms with Gasteiger partial charge in [-0.3, -0.25) is 0 Å². The zero-order chi connectivity index (χ0) is 12.3. The van der Waals surface area contributed by atoms with Gasteiger partial charge in [-0.2, -0.15) is 0 Å². The molecule has 2 rings (SSSR count). The van der Waals surface area contributed by atoms with Gasteiger partial charge in [-0.25, -0.2) is 9.97 Å². The van der Waals surface area contributed by atoms with Gasteiger partial charge in [0.2, 0.25) is 5.28 Å². The van der Waals surface area contributed by atoms with Crippen LogP contribution in [0.5, 0.6) is 0 Å². The van der Waals surface area contributed by atoms with E-state index in [1.165, 1.54) is 19.4 Å². The SMILES string of the molecule is CCN1CCCC(Nc2nc(Cl)ncc2C)C1. The van der Waals surface area contributed by atoms with Gasteiger partial charge in [0.1, 0.15) is 5.82 Å². The van der Waals surface area contributed by atoms with E-state index in [0.29, 0.717) is 11.3 Å². The summed E-state index contributed by atoms with van der Waals surface area (Å²) in [5.41, 5.74) is 1.04. The standard InChI is InChI=1S/C12H19ClN4/c1-3-17-6-4-5-10(8-17)15-11-9(2)7-14-12(13)16-11/h7,10H,3-6,8H2,1-2H3,(H,14,15,16). The Labute approximate surface area is 107 Å². The van der Waals surface area contributed by atoms with Crippen molar-refractivity contribution in [3.8, 4) is 0 Å². The molecule has 1 fully saturated rings. The van der Waals surface area contributed by atoms with Crippen LogP contribution < -0.4 is 5.32 Å². The molecule has 2 heterocycles. The lowest BCUT2D eigenvalue weighted by molar-refractivity contribution is 0.226. The third kappa shape index (κ3) is 3.30. The molecule has 1 aliphatic rings. The summed E-state index contributed by atoms with van der Waals surface area (Å²) in [6, 6.07) is 0.466. The Kier molecular flexibility index (Phi) is 4.18. The van der Waals surface area contributed by atoms with Crippen LogP contribution in [0.3, 0.4) is 0 Å². The van der Waals surface area contributed by atoms with Gasteiger partial charge in [-0.15, -0.1) is 0 Å². The first-order valence-corrected chi connectivity index (χ1v) is 6.55. The molecule has 1 atom stereocenters. The molecule has 1 aliphatic heterocycles. The monoisotopic (exact) mass is 254 g/mol. The minimum atomic E-state index is 0.307. The molecule has 1 unspecified atom stereocenters. The summed E-state index contributed by atoms with van der Waals surface area (Å²) in [5, 5.41) is 3.78. The van der Waals surface area contributed by atoms with Crippen LogP contribution in [0.2, 0.25) is 5.28 Å². The van der Waals surface area contributed by atoms with Crippen LogP contribution in [0.4, 0.5) is 5.82 Å². The number of likely N-dealkylation sites (tertiary alicyclic amines) is 1. The van der Waals surface area contributed by atoms with E-state index in [1.807, 2.05) is 6.92 Å². The molecule has 0 aliphatic carbocycles. The second-order valence-corrected chi connectivity index (χ2v) is 4.89. The lowest BCUT2D eigenvalue weighted by Gasteiger charge is -2.32. The molecular formula is C12H19ClN4. The van der Waals surface area contributed by atoms with Crippen molar-refractivity contribution in [3.63, 3.8) is 0 Å². The summed E-state index contributed by atoms with van der Waals surface area (Å²) in [5.74, 6) is 0.868. The Morgan fingerprint density at radius 2 is 2.41 bits per heavy atom. The van der Waals surface area contributed by atoms with Crippen LogP contribution in [0.25, 0.3) is 0 Å². The van der Waals surface area contributed by atoms with Crippen molar-refractivity contribution in [3.05, 3.63) is 17.0 Å². The first-order chi connectivity index (χ1) is 8.19. The molecule has 0 bridgehead atoms. The molecule has 17 heavy (non-hydrogen) atoms. The summed E-state index contributed by atoms with van der Waals surface area (Å²) >= 11 is 5.82. The average molecular weight is 255 g/mol. The molecule has 0 aromatic carbocycles. The van der Waals surface area contributed by atoms with Crippen LogP contribution in [0.15, 0.2) is 6.20 Å². The van der Waals surface area contributed by atoms with Crippen molar-refractivity contribution in [1.82, 2.24) is 14.9 Å². The quantitative estimate of drug-likeness (QED) is 0.841. The smallest absolute Gasteiger partial charge is 0.224 e. The number of hydrogen-bond acceptors (Lipinski definition) is 4. The number of nitrogens with one attached hydrogen (secondary N) is 1. The predicted octanol–water partition coefficient (Wildman–Crippen LogP) is 2.33. The van der Waals surface area contributed by atoms with Gasteiger partial charge in [-0.1, -0.05) is 6.92 Å². The molecule has 1 N–H and O–H groups in total. The third-order valence-electron chi connectivity index (χ3n) is 3.24. The van der Waals surface area contributed by atoms with Crippen LogP contribution in [-0.4, -0.2) is 40.5 Å². The second-order valence-electron chi connectivity index (χ2n) is 4.55. The van der Waals surface area contributed by atoms with E-state index in [9.17, 15) is 0 Å². The maximum Gasteiger partial charge on any atom is 0.224 e. The Bertz CT molecular complexity index is 383. The van der Waals surface area contributed by atoms with Gasteiger partial charge in [0, 0.05) is 24.3 Å². The number of nitrogens with zero attached hydrogens (tertiary/aromatic N) is 3. The molecule has 1 aromatic heterocycles. The Hall–Kier alpha value is -0.870. The van der Waals surface area contributed by atoms with E-state index in [0.717, 1.165) is 24.5 Å². The van der Waals surface area contributed by atoms with Crippen molar-refractivity contribution in [2.45, 2.75) is 32.7 Å². The molecule has 0 radical (unpaired) electrons. The highest BCUT2D eigenvalue weighted by atomic mass is 35.5. The minimum Gasteiger partial charge on any atom is -0.366 e. The van der Waals surface area contributed by atoms with E-state index >= 15 is 0 Å². The van der Waals surface area contributed by atoms with Crippen LogP contribution >= 0.6 is 11.6 Å². The number of aryl methyl sites for hydroxylation is 1. The predicted molar refractivity (Wildman–Crippen MR) is 70.5 cm³/mol. The fourth-order valence-corrected chi connectivity index (χ4v) is 2.35. The van der Waals surface area contributed by atoms with Gasteiger partial charge in [0.05, 0.1) is 0 Å². The zero-order valence-electron chi connectivity index (χ0n) is 10.4. The molecule has 4 nitrogen and oxygen atoms in total. The lowest BCUT2D eigenvalue weighted by Crippen LogP contribution is -2.42. The maximum atomic E-state index is 5.82. The highest BCUT2D eigenvalue weighted by molar-refractivity contribution is 6.28. The van der Waals surface area contributed by atoms with Crippen molar-refractivity contribution >= 4 is 17.4 Å². The summed E-state index contributed by atoms with van der Waals surface area (Å²) in [7, 11) is 0. The molecule has 0 spiro atoms. The van der Waals surface area contributed by atoms with Gasteiger partial charge in [0.25, 0.3) is 0 Å². The second kappa shape index (κ2) is 5.65. The van der Waals surface area contributed by atoms with E-state index in [2.05, 4.69) is 27.1 Å². The highest BCUT2D eigenvalue weighted by Crippen LogP contribution is 2.18. The van der Waals surface area contributed by atoms with Gasteiger partial charge in [-0.05, 0) is 44.5 Å². The molecule has 94 valence electrons. The number of piperidine rings is 1. The Morgan fingerprint density at radius 3 is 3.18 bits per heavy atom. The molecular weight excluding hydrogens is 236 g/mol. The summed E-state index contributed by atoms with van der Waals surface area (Å²) < 4.78 is 0. The van der Waals surface area contributed by atoms with Gasteiger partial charge in [0.15, 0.2) is 0 Å². The fraction of sp³-hybridized carbons (Fsp3) is 0.667. The van der Waals surface area contributed by atoms with Crippen molar-refractivity contribution in [2.75, 3.05) is 25.0 Å². The summed E-state index contributed by atoms with van der Waals surface area (Å²) in [6.45, 7) is 7.60. The van der Waals surface area contributed by atoms with Crippen LogP contribution in [0.1, 0.15) is 25.3 Å². The molecule has 0 saturated carbocycles. The lowest BCUT2D eigenvalue weighted by atomic mass is 10.1. The minimum absolute atomic E-state index is 0.307. The van der Waals surface area contributed by atoms with E-state index in [-0.39, 0.29) is 0 Å². The first-order valence-electron chi connectivity index (χ1n) is 6.17. The van der Waals surface area contributed by atoms with E-state index < -0.39 is 0 Å². The number of aromatic nitrogens is 2. The number of likely N-dealkylation sites (N-methyl/N-ethyl adjacent to an activating group) is 1. The molecule has 5 heteroatoms. The van der Waals surface area contributed by atoms with Crippen LogP contribution in [0, 0.1) is 6.92 Å². The number of anilines is 1. The van der Waals surface area contributed by atoms with E-state index in [1.54, 1.807) is 6.20 Å². The topological polar surface area (TPSA) is 41.0 Å². The Morgan fingerprint density at radius 1 is 1.59 bits per heavy atom. The van der Waals surface area contributed by atoms with Crippen molar-refractivity contribution < 1.29 is 0 Å². The molecule has 0 amide bonds. The first kappa shape index (κ1) is 12.6. The van der Waals surface area contributed by atoms with Gasteiger partial charge >= 0.3 is 0 Å². The molecule has 1 saturated heterocycles. The Balaban J connectivity index is 2.02. The largest absolute Gasteiger partial charge is 0.366 e. The third-order valence-corrected chi connectivity index (χ3v) is 3.42. The van der Waals surface area contributed by atoms with E-state index in [4.69, 9.17) is 11.6 Å². The van der Waals surface area contributed by atoms with Crippen LogP contribution in [-0.2, 0) is 0 Å². The van der Waals surface area contributed by atoms with Gasteiger partial charge < -0.3 is 10.2 Å². The van der Waals surface area contributed by atoms with Crippen molar-refractivity contribution in [2.24, 2.45) is 0 Å². The number of halogens is 1. The maximum absolute atomic E-state index is 5.82.